The van der Waals surface area contributed by atoms with Crippen molar-refractivity contribution in [3.63, 3.8) is 0 Å². The van der Waals surface area contributed by atoms with Crippen molar-refractivity contribution in [1.29, 1.82) is 0 Å². The molecule has 0 atom stereocenters. The van der Waals surface area contributed by atoms with Crippen molar-refractivity contribution in [3.8, 4) is 5.75 Å². The van der Waals surface area contributed by atoms with E-state index in [4.69, 9.17) is 4.74 Å². The number of methoxy groups -OCH3 is 1. The quantitative estimate of drug-likeness (QED) is 0.626. The van der Waals surface area contributed by atoms with Crippen molar-refractivity contribution in [2.75, 3.05) is 12.4 Å². The van der Waals surface area contributed by atoms with Crippen molar-refractivity contribution >= 4 is 11.7 Å². The zero-order valence-corrected chi connectivity index (χ0v) is 17.0. The molecule has 3 aromatic rings. The molecule has 3 rings (SSSR count). The smallest absolute Gasteiger partial charge is 0.273 e. The van der Waals surface area contributed by atoms with Crippen LogP contribution in [0.2, 0.25) is 0 Å². The van der Waals surface area contributed by atoms with Gasteiger partial charge in [0.25, 0.3) is 5.91 Å². The highest BCUT2D eigenvalue weighted by molar-refractivity contribution is 5.93. The summed E-state index contributed by atoms with van der Waals surface area (Å²) in [6.07, 6.45) is 1.42. The van der Waals surface area contributed by atoms with E-state index < -0.39 is 0 Å². The summed E-state index contributed by atoms with van der Waals surface area (Å²) in [6.45, 7) is 5.14. The van der Waals surface area contributed by atoms with Crippen molar-refractivity contribution in [2.24, 2.45) is 0 Å². The minimum atomic E-state index is -0.112. The van der Waals surface area contributed by atoms with Gasteiger partial charge in [0, 0.05) is 25.2 Å². The molecule has 1 heterocycles. The van der Waals surface area contributed by atoms with Crippen LogP contribution in [0.4, 0.5) is 5.82 Å². The molecule has 0 radical (unpaired) electrons. The van der Waals surface area contributed by atoms with E-state index in [9.17, 15) is 4.79 Å². The standard InChI is InChI=1S/C23H26N4O2/c1-17(2)27(15-19-7-5-4-6-8-19)23(28)21-13-22(26-16-25-21)24-14-18-9-11-20(29-3)12-10-18/h4-13,16-17H,14-15H2,1-3H3,(H,24,25,26). The molecule has 6 nitrogen and oxygen atoms in total. The van der Waals surface area contributed by atoms with Crippen LogP contribution in [-0.4, -0.2) is 33.9 Å². The van der Waals surface area contributed by atoms with Crippen molar-refractivity contribution in [3.05, 3.63) is 83.8 Å². The molecule has 0 saturated heterocycles. The van der Waals surface area contributed by atoms with Gasteiger partial charge in [0.2, 0.25) is 0 Å². The van der Waals surface area contributed by atoms with Crippen molar-refractivity contribution in [2.45, 2.75) is 33.0 Å². The highest BCUT2D eigenvalue weighted by atomic mass is 16.5. The Morgan fingerprint density at radius 1 is 1.03 bits per heavy atom. The summed E-state index contributed by atoms with van der Waals surface area (Å²) in [7, 11) is 1.64. The van der Waals surface area contributed by atoms with E-state index in [2.05, 4.69) is 15.3 Å². The number of rotatable bonds is 8. The summed E-state index contributed by atoms with van der Waals surface area (Å²) in [6, 6.07) is 19.5. The second-order valence-corrected chi connectivity index (χ2v) is 7.00. The van der Waals surface area contributed by atoms with Gasteiger partial charge in [-0.2, -0.15) is 0 Å². The number of benzene rings is 2. The maximum absolute atomic E-state index is 13.1. The molecule has 0 aliphatic heterocycles. The normalized spacial score (nSPS) is 10.6. The van der Waals surface area contributed by atoms with E-state index in [1.54, 1.807) is 13.2 Å². The third kappa shape index (κ3) is 5.54. The first-order valence-corrected chi connectivity index (χ1v) is 9.60. The third-order valence-electron chi connectivity index (χ3n) is 4.60. The average molecular weight is 390 g/mol. The van der Waals surface area contributed by atoms with Gasteiger partial charge in [0.15, 0.2) is 0 Å². The van der Waals surface area contributed by atoms with Gasteiger partial charge in [-0.1, -0.05) is 42.5 Å². The van der Waals surface area contributed by atoms with Gasteiger partial charge in [-0.15, -0.1) is 0 Å². The van der Waals surface area contributed by atoms with Crippen LogP contribution in [0.1, 0.15) is 35.5 Å². The third-order valence-corrected chi connectivity index (χ3v) is 4.60. The molecule has 150 valence electrons. The second kappa shape index (κ2) is 9.68. The fourth-order valence-corrected chi connectivity index (χ4v) is 2.92. The Labute approximate surface area is 171 Å². The van der Waals surface area contributed by atoms with Gasteiger partial charge in [-0.3, -0.25) is 4.79 Å². The van der Waals surface area contributed by atoms with Crippen LogP contribution in [0.3, 0.4) is 0 Å². The molecule has 2 aromatic carbocycles. The Hall–Kier alpha value is -3.41. The lowest BCUT2D eigenvalue weighted by Gasteiger charge is -2.26. The first kappa shape index (κ1) is 20.3. The summed E-state index contributed by atoms with van der Waals surface area (Å²) in [5.74, 6) is 1.32. The van der Waals surface area contributed by atoms with E-state index >= 15 is 0 Å². The lowest BCUT2D eigenvalue weighted by Crippen LogP contribution is -2.36. The molecule has 1 amide bonds. The number of carbonyl (C=O) groups is 1. The number of hydrogen-bond acceptors (Lipinski definition) is 5. The lowest BCUT2D eigenvalue weighted by molar-refractivity contribution is 0.0684. The molecule has 29 heavy (non-hydrogen) atoms. The molecular formula is C23H26N4O2. The van der Waals surface area contributed by atoms with Gasteiger partial charge in [0.05, 0.1) is 7.11 Å². The van der Waals surface area contributed by atoms with E-state index in [-0.39, 0.29) is 11.9 Å². The second-order valence-electron chi connectivity index (χ2n) is 7.00. The zero-order valence-electron chi connectivity index (χ0n) is 17.0. The monoisotopic (exact) mass is 390 g/mol. The molecule has 1 aromatic heterocycles. The number of carbonyl (C=O) groups excluding carboxylic acids is 1. The molecule has 6 heteroatoms. The van der Waals surface area contributed by atoms with Gasteiger partial charge < -0.3 is 15.0 Å². The summed E-state index contributed by atoms with van der Waals surface area (Å²) >= 11 is 0. The summed E-state index contributed by atoms with van der Waals surface area (Å²) < 4.78 is 5.18. The van der Waals surface area contributed by atoms with Crippen molar-refractivity contribution in [1.82, 2.24) is 14.9 Å². The number of aromatic nitrogens is 2. The number of hydrogen-bond donors (Lipinski definition) is 1. The van der Waals surface area contributed by atoms with Crippen LogP contribution in [0, 0.1) is 0 Å². The maximum Gasteiger partial charge on any atom is 0.273 e. The van der Waals surface area contributed by atoms with Crippen LogP contribution in [0.5, 0.6) is 5.75 Å². The zero-order chi connectivity index (χ0) is 20.6. The van der Waals surface area contributed by atoms with Crippen LogP contribution < -0.4 is 10.1 Å². The van der Waals surface area contributed by atoms with Gasteiger partial charge >= 0.3 is 0 Å². The van der Waals surface area contributed by atoms with Crippen LogP contribution >= 0.6 is 0 Å². The number of ether oxygens (including phenoxy) is 1. The number of nitrogens with one attached hydrogen (secondary N) is 1. The van der Waals surface area contributed by atoms with E-state index in [1.165, 1.54) is 6.33 Å². The Balaban J connectivity index is 1.69. The molecule has 0 unspecified atom stereocenters. The van der Waals surface area contributed by atoms with Gasteiger partial charge in [-0.25, -0.2) is 9.97 Å². The molecule has 0 aliphatic rings. The highest BCUT2D eigenvalue weighted by Gasteiger charge is 2.20. The first-order chi connectivity index (χ1) is 14.1. The minimum Gasteiger partial charge on any atom is -0.497 e. The molecule has 1 N–H and O–H groups in total. The fourth-order valence-electron chi connectivity index (χ4n) is 2.92. The molecule has 0 saturated carbocycles. The fraction of sp³-hybridized carbons (Fsp3) is 0.261. The number of amides is 1. The van der Waals surface area contributed by atoms with Gasteiger partial charge in [-0.05, 0) is 37.1 Å². The Kier molecular flexibility index (Phi) is 6.79. The molecule has 0 bridgehead atoms. The predicted octanol–water partition coefficient (Wildman–Crippen LogP) is 4.15. The summed E-state index contributed by atoms with van der Waals surface area (Å²) in [5.41, 5.74) is 2.55. The number of nitrogens with zero attached hydrogens (tertiary/aromatic N) is 3. The highest BCUT2D eigenvalue weighted by Crippen LogP contribution is 2.15. The van der Waals surface area contributed by atoms with Gasteiger partial charge in [0.1, 0.15) is 23.6 Å². The molecule has 0 aliphatic carbocycles. The lowest BCUT2D eigenvalue weighted by atomic mass is 10.1. The summed E-state index contributed by atoms with van der Waals surface area (Å²) in [4.78, 5) is 23.3. The van der Waals surface area contributed by atoms with Crippen LogP contribution in [0.25, 0.3) is 0 Å². The Morgan fingerprint density at radius 3 is 2.41 bits per heavy atom. The Morgan fingerprint density at radius 2 is 1.76 bits per heavy atom. The number of anilines is 1. The van der Waals surface area contributed by atoms with Crippen LogP contribution in [-0.2, 0) is 13.1 Å². The predicted molar refractivity (Wildman–Crippen MR) is 114 cm³/mol. The molecular weight excluding hydrogens is 364 g/mol. The average Bonchev–Trinajstić information content (AvgIpc) is 2.76. The molecule has 0 spiro atoms. The topological polar surface area (TPSA) is 67.3 Å². The first-order valence-electron chi connectivity index (χ1n) is 9.60. The SMILES string of the molecule is COc1ccc(CNc2cc(C(=O)N(Cc3ccccc3)C(C)C)ncn2)cc1. The summed E-state index contributed by atoms with van der Waals surface area (Å²) in [5, 5.41) is 3.25. The van der Waals surface area contributed by atoms with E-state index in [0.717, 1.165) is 16.9 Å². The van der Waals surface area contributed by atoms with Crippen molar-refractivity contribution < 1.29 is 9.53 Å². The largest absolute Gasteiger partial charge is 0.497 e. The van der Waals surface area contributed by atoms with E-state index in [1.807, 2.05) is 73.3 Å². The Bertz CT molecular complexity index is 927. The minimum absolute atomic E-state index is 0.0494. The maximum atomic E-state index is 13.1. The molecule has 0 fully saturated rings. The van der Waals surface area contributed by atoms with E-state index in [0.29, 0.717) is 24.6 Å². The van der Waals surface area contributed by atoms with Crippen LogP contribution in [0.15, 0.2) is 67.0 Å².